The number of rotatable bonds is 8. The van der Waals surface area contributed by atoms with E-state index in [0.29, 0.717) is 3.57 Å². The second kappa shape index (κ2) is 10.0. The smallest absolute Gasteiger partial charge is 0.307 e. The highest BCUT2D eigenvalue weighted by atomic mass is 127. The molecule has 2 aromatic rings. The van der Waals surface area contributed by atoms with E-state index in [-0.39, 0.29) is 30.1 Å². The van der Waals surface area contributed by atoms with Crippen molar-refractivity contribution in [2.24, 2.45) is 0 Å². The number of hydrogen-bond acceptors (Lipinski definition) is 7. The first-order valence-corrected chi connectivity index (χ1v) is 8.94. The first-order chi connectivity index (χ1) is 13.3. The molecule has 0 atom stereocenters. The molecule has 0 amide bonds. The van der Waals surface area contributed by atoms with Gasteiger partial charge in [-0.15, -0.1) is 0 Å². The Balaban J connectivity index is 2.25. The van der Waals surface area contributed by atoms with Crippen LogP contribution in [-0.4, -0.2) is 37.1 Å². The lowest BCUT2D eigenvalue weighted by molar-refractivity contribution is -0.141. The van der Waals surface area contributed by atoms with E-state index >= 15 is 0 Å². The number of nitrogens with one attached hydrogen (secondary N) is 1. The van der Waals surface area contributed by atoms with E-state index in [1.165, 1.54) is 19.2 Å². The molecule has 146 valence electrons. The minimum atomic E-state index is -0.992. The van der Waals surface area contributed by atoms with Gasteiger partial charge in [0.15, 0.2) is 17.3 Å². The van der Waals surface area contributed by atoms with Crippen molar-refractivity contribution in [1.82, 2.24) is 4.98 Å². The Kier molecular flexibility index (Phi) is 7.77. The lowest BCUT2D eigenvalue weighted by Gasteiger charge is -2.12. The molecule has 0 unspecified atom stereocenters. The van der Waals surface area contributed by atoms with Crippen LogP contribution in [0.1, 0.15) is 22.5 Å². The second-order valence-electron chi connectivity index (χ2n) is 5.38. The van der Waals surface area contributed by atoms with Gasteiger partial charge in [-0.25, -0.2) is 13.8 Å². The SMILES string of the molecule is COC(=O)CCOCC(=O)c1cc(F)c(C#N)nc1Nc1ccc(I)cc1F. The highest BCUT2D eigenvalue weighted by Gasteiger charge is 2.19. The average molecular weight is 501 g/mol. The van der Waals surface area contributed by atoms with E-state index in [1.54, 1.807) is 12.1 Å². The molecule has 7 nitrogen and oxygen atoms in total. The van der Waals surface area contributed by atoms with Crippen LogP contribution in [0.4, 0.5) is 20.3 Å². The highest BCUT2D eigenvalue weighted by Crippen LogP contribution is 2.25. The number of ketones is 1. The quantitative estimate of drug-likeness (QED) is 0.256. The number of esters is 1. The van der Waals surface area contributed by atoms with Crippen LogP contribution in [0.3, 0.4) is 0 Å². The summed E-state index contributed by atoms with van der Waals surface area (Å²) in [5, 5.41) is 11.6. The van der Waals surface area contributed by atoms with Gasteiger partial charge >= 0.3 is 5.97 Å². The standard InChI is InChI=1S/C18H14F2IN3O4/c1-27-17(26)4-5-28-9-16(25)11-7-13(20)15(8-22)24-18(11)23-14-3-2-10(21)6-12(14)19/h2-3,6-7H,4-5,9H2,1H3,(H,23,24). The third kappa shape index (κ3) is 5.67. The van der Waals surface area contributed by atoms with Gasteiger partial charge < -0.3 is 14.8 Å². The lowest BCUT2D eigenvalue weighted by atomic mass is 10.1. The van der Waals surface area contributed by atoms with Crippen molar-refractivity contribution in [3.8, 4) is 6.07 Å². The maximum absolute atomic E-state index is 14.1. The average Bonchev–Trinajstić information content (AvgIpc) is 2.67. The van der Waals surface area contributed by atoms with E-state index in [4.69, 9.17) is 10.00 Å². The number of methoxy groups -OCH3 is 1. The van der Waals surface area contributed by atoms with Gasteiger partial charge in [0.05, 0.1) is 31.4 Å². The Hall–Kier alpha value is -2.65. The zero-order valence-corrected chi connectivity index (χ0v) is 16.7. The molecule has 0 fully saturated rings. The van der Waals surface area contributed by atoms with Crippen molar-refractivity contribution in [3.63, 3.8) is 0 Å². The summed E-state index contributed by atoms with van der Waals surface area (Å²) in [6.07, 6.45) is -0.0528. The van der Waals surface area contributed by atoms with E-state index in [2.05, 4.69) is 15.0 Å². The largest absolute Gasteiger partial charge is 0.469 e. The van der Waals surface area contributed by atoms with Gasteiger partial charge in [-0.1, -0.05) is 0 Å². The molecule has 1 aromatic carbocycles. The number of Topliss-reactive ketones (excluding diaryl/α,β-unsaturated/α-hetero) is 1. The molecule has 0 saturated carbocycles. The Labute approximate surface area is 172 Å². The van der Waals surface area contributed by atoms with Crippen molar-refractivity contribution in [2.45, 2.75) is 6.42 Å². The Bertz CT molecular complexity index is 947. The number of benzene rings is 1. The normalized spacial score (nSPS) is 10.2. The van der Waals surface area contributed by atoms with Crippen molar-refractivity contribution < 1.29 is 27.8 Å². The molecular formula is C18H14F2IN3O4. The molecule has 0 aliphatic carbocycles. The number of nitriles is 1. The van der Waals surface area contributed by atoms with Crippen LogP contribution in [0.5, 0.6) is 0 Å². The van der Waals surface area contributed by atoms with Crippen LogP contribution in [-0.2, 0) is 14.3 Å². The van der Waals surface area contributed by atoms with Gasteiger partial charge in [-0.05, 0) is 46.9 Å². The summed E-state index contributed by atoms with van der Waals surface area (Å²) in [5.74, 6) is -2.94. The summed E-state index contributed by atoms with van der Waals surface area (Å²) >= 11 is 1.93. The Morgan fingerprint density at radius 2 is 2.04 bits per heavy atom. The minimum Gasteiger partial charge on any atom is -0.469 e. The predicted octanol–water partition coefficient (Wildman–Crippen LogP) is 3.34. The van der Waals surface area contributed by atoms with Gasteiger partial charge in [0.25, 0.3) is 0 Å². The molecule has 2 rings (SSSR count). The summed E-state index contributed by atoms with van der Waals surface area (Å²) in [5.41, 5.74) is -0.756. The summed E-state index contributed by atoms with van der Waals surface area (Å²) in [6, 6.07) is 6.71. The third-order valence-corrected chi connectivity index (χ3v) is 4.15. The molecular weight excluding hydrogens is 487 g/mol. The topological polar surface area (TPSA) is 101 Å². The number of aromatic nitrogens is 1. The molecule has 1 N–H and O–H groups in total. The maximum Gasteiger partial charge on any atom is 0.307 e. The van der Waals surface area contributed by atoms with E-state index in [0.717, 1.165) is 6.07 Å². The lowest BCUT2D eigenvalue weighted by Crippen LogP contribution is -2.15. The fraction of sp³-hybridized carbons (Fsp3) is 0.222. The predicted molar refractivity (Wildman–Crippen MR) is 103 cm³/mol. The van der Waals surface area contributed by atoms with E-state index in [1.807, 2.05) is 22.6 Å². The van der Waals surface area contributed by atoms with E-state index in [9.17, 15) is 18.4 Å². The Morgan fingerprint density at radius 1 is 1.29 bits per heavy atom. The third-order valence-electron chi connectivity index (χ3n) is 3.48. The number of nitrogens with zero attached hydrogens (tertiary/aromatic N) is 2. The molecule has 10 heteroatoms. The summed E-state index contributed by atoms with van der Waals surface area (Å²) in [4.78, 5) is 27.2. The number of anilines is 2. The van der Waals surface area contributed by atoms with Crippen LogP contribution < -0.4 is 5.32 Å². The van der Waals surface area contributed by atoms with Crippen molar-refractivity contribution in [3.05, 3.63) is 50.7 Å². The molecule has 0 spiro atoms. The number of halogens is 3. The van der Waals surface area contributed by atoms with Crippen LogP contribution in [0.25, 0.3) is 0 Å². The molecule has 28 heavy (non-hydrogen) atoms. The van der Waals surface area contributed by atoms with Gasteiger partial charge in [0, 0.05) is 3.57 Å². The molecule has 0 saturated heterocycles. The van der Waals surface area contributed by atoms with Crippen molar-refractivity contribution in [2.75, 3.05) is 25.6 Å². The number of ether oxygens (including phenoxy) is 2. The first kappa shape index (κ1) is 21.6. The summed E-state index contributed by atoms with van der Waals surface area (Å²) in [7, 11) is 1.22. The van der Waals surface area contributed by atoms with E-state index < -0.39 is 35.7 Å². The number of hydrogen-bond donors (Lipinski definition) is 1. The fourth-order valence-electron chi connectivity index (χ4n) is 2.09. The molecule has 1 heterocycles. The molecule has 0 aliphatic rings. The summed E-state index contributed by atoms with van der Waals surface area (Å²) in [6.45, 7) is -0.535. The monoisotopic (exact) mass is 501 g/mol. The Morgan fingerprint density at radius 3 is 2.68 bits per heavy atom. The fourth-order valence-corrected chi connectivity index (χ4v) is 2.55. The number of carbonyl (C=O) groups is 2. The molecule has 0 radical (unpaired) electrons. The second-order valence-corrected chi connectivity index (χ2v) is 6.62. The molecule has 0 aliphatic heterocycles. The van der Waals surface area contributed by atoms with Crippen LogP contribution in [0.2, 0.25) is 0 Å². The molecule has 1 aromatic heterocycles. The van der Waals surface area contributed by atoms with Crippen LogP contribution >= 0.6 is 22.6 Å². The van der Waals surface area contributed by atoms with Gasteiger partial charge in [0.2, 0.25) is 0 Å². The zero-order chi connectivity index (χ0) is 20.7. The van der Waals surface area contributed by atoms with Crippen molar-refractivity contribution >= 4 is 45.8 Å². The number of pyridine rings is 1. The number of carbonyl (C=O) groups excluding carboxylic acids is 2. The van der Waals surface area contributed by atoms with Crippen LogP contribution in [0.15, 0.2) is 24.3 Å². The summed E-state index contributed by atoms with van der Waals surface area (Å²) < 4.78 is 38.3. The van der Waals surface area contributed by atoms with Gasteiger partial charge in [-0.2, -0.15) is 5.26 Å². The first-order valence-electron chi connectivity index (χ1n) is 7.86. The van der Waals surface area contributed by atoms with Gasteiger partial charge in [-0.3, -0.25) is 9.59 Å². The van der Waals surface area contributed by atoms with Crippen LogP contribution in [0, 0.1) is 26.5 Å². The highest BCUT2D eigenvalue weighted by molar-refractivity contribution is 14.1. The van der Waals surface area contributed by atoms with Crippen molar-refractivity contribution in [1.29, 1.82) is 5.26 Å². The maximum atomic E-state index is 14.1. The molecule has 0 bridgehead atoms. The minimum absolute atomic E-state index is 0.00377. The van der Waals surface area contributed by atoms with Gasteiger partial charge in [0.1, 0.15) is 24.3 Å². The zero-order valence-electron chi connectivity index (χ0n) is 14.6.